The predicted octanol–water partition coefficient (Wildman–Crippen LogP) is 3.26. The normalized spacial score (nSPS) is 11.2. The third-order valence-corrected chi connectivity index (χ3v) is 4.14. The van der Waals surface area contributed by atoms with Crippen LogP contribution in [0.2, 0.25) is 0 Å². The maximum atomic E-state index is 4.69. The average molecular weight is 271 g/mol. The van der Waals surface area contributed by atoms with E-state index in [2.05, 4.69) is 58.3 Å². The van der Waals surface area contributed by atoms with Gasteiger partial charge in [-0.3, -0.25) is 0 Å². The summed E-state index contributed by atoms with van der Waals surface area (Å²) >= 11 is 1.78. The largest absolute Gasteiger partial charge is 0.343 e. The molecule has 1 aromatic carbocycles. The summed E-state index contributed by atoms with van der Waals surface area (Å²) in [7, 11) is 0. The van der Waals surface area contributed by atoms with Gasteiger partial charge in [-0.2, -0.15) is 0 Å². The van der Waals surface area contributed by atoms with Gasteiger partial charge in [-0.25, -0.2) is 4.98 Å². The smallest absolute Gasteiger partial charge is 0.114 e. The van der Waals surface area contributed by atoms with Gasteiger partial charge in [0, 0.05) is 18.4 Å². The standard InChI is InChI=1S/C15H17N3S/c1-2-16-10-12-6-5-9-18(12)11-15-17-13-7-3-4-8-14(13)19-15/h3-9,16H,2,10-11H2,1H3. The van der Waals surface area contributed by atoms with Crippen molar-refractivity contribution >= 4 is 21.6 Å². The van der Waals surface area contributed by atoms with Crippen molar-refractivity contribution in [1.82, 2.24) is 14.9 Å². The quantitative estimate of drug-likeness (QED) is 0.772. The minimum Gasteiger partial charge on any atom is -0.343 e. The lowest BCUT2D eigenvalue weighted by molar-refractivity contribution is 0.656. The van der Waals surface area contributed by atoms with E-state index in [0.29, 0.717) is 0 Å². The molecule has 4 heteroatoms. The summed E-state index contributed by atoms with van der Waals surface area (Å²) in [6.45, 7) is 4.88. The van der Waals surface area contributed by atoms with Crippen LogP contribution in [-0.4, -0.2) is 16.1 Å². The molecule has 19 heavy (non-hydrogen) atoms. The Morgan fingerprint density at radius 2 is 2.11 bits per heavy atom. The van der Waals surface area contributed by atoms with Crippen molar-refractivity contribution in [2.75, 3.05) is 6.54 Å². The third kappa shape index (κ3) is 2.69. The number of nitrogens with zero attached hydrogens (tertiary/aromatic N) is 2. The molecule has 0 aliphatic carbocycles. The first-order valence-corrected chi connectivity index (χ1v) is 7.37. The van der Waals surface area contributed by atoms with E-state index in [1.54, 1.807) is 11.3 Å². The number of benzene rings is 1. The first kappa shape index (κ1) is 12.4. The number of hydrogen-bond donors (Lipinski definition) is 1. The molecule has 0 unspecified atom stereocenters. The lowest BCUT2D eigenvalue weighted by Gasteiger charge is -2.07. The van der Waals surface area contributed by atoms with E-state index in [1.165, 1.54) is 10.4 Å². The van der Waals surface area contributed by atoms with Gasteiger partial charge < -0.3 is 9.88 Å². The fourth-order valence-corrected chi connectivity index (χ4v) is 3.12. The van der Waals surface area contributed by atoms with E-state index in [9.17, 15) is 0 Å². The van der Waals surface area contributed by atoms with Crippen LogP contribution in [0.3, 0.4) is 0 Å². The van der Waals surface area contributed by atoms with E-state index in [1.807, 2.05) is 6.07 Å². The zero-order valence-electron chi connectivity index (χ0n) is 11.0. The van der Waals surface area contributed by atoms with E-state index >= 15 is 0 Å². The lowest BCUT2D eigenvalue weighted by atomic mass is 10.3. The highest BCUT2D eigenvalue weighted by Gasteiger charge is 2.06. The van der Waals surface area contributed by atoms with Crippen molar-refractivity contribution in [2.45, 2.75) is 20.0 Å². The third-order valence-electron chi connectivity index (χ3n) is 3.12. The minimum absolute atomic E-state index is 0.854. The second kappa shape index (κ2) is 5.55. The Bertz CT molecular complexity index is 636. The van der Waals surface area contributed by atoms with Crippen molar-refractivity contribution in [1.29, 1.82) is 0 Å². The molecule has 0 bridgehead atoms. The fraction of sp³-hybridized carbons (Fsp3) is 0.267. The summed E-state index contributed by atoms with van der Waals surface area (Å²) in [4.78, 5) is 4.69. The summed E-state index contributed by atoms with van der Waals surface area (Å²) in [5.74, 6) is 0. The number of para-hydroxylation sites is 1. The number of thiazole rings is 1. The molecule has 0 aliphatic heterocycles. The molecule has 0 amide bonds. The molecule has 3 aromatic rings. The Morgan fingerprint density at radius 3 is 2.95 bits per heavy atom. The second-order valence-corrected chi connectivity index (χ2v) is 5.60. The molecule has 0 atom stereocenters. The van der Waals surface area contributed by atoms with Gasteiger partial charge in [0.05, 0.1) is 16.8 Å². The molecule has 3 nitrogen and oxygen atoms in total. The highest BCUT2D eigenvalue weighted by atomic mass is 32.1. The zero-order chi connectivity index (χ0) is 13.1. The molecule has 2 aromatic heterocycles. The molecule has 1 N–H and O–H groups in total. The van der Waals surface area contributed by atoms with Crippen LogP contribution in [0, 0.1) is 0 Å². The SMILES string of the molecule is CCNCc1cccn1Cc1nc2ccccc2s1. The topological polar surface area (TPSA) is 29.9 Å². The molecule has 3 rings (SSSR count). The predicted molar refractivity (Wildman–Crippen MR) is 80.5 cm³/mol. The molecule has 0 radical (unpaired) electrons. The van der Waals surface area contributed by atoms with Crippen LogP contribution in [0.25, 0.3) is 10.2 Å². The number of aromatic nitrogens is 2. The van der Waals surface area contributed by atoms with Crippen LogP contribution in [0.15, 0.2) is 42.6 Å². The van der Waals surface area contributed by atoms with Crippen LogP contribution in [0.1, 0.15) is 17.6 Å². The van der Waals surface area contributed by atoms with E-state index in [0.717, 1.165) is 30.2 Å². The van der Waals surface area contributed by atoms with Crippen molar-refractivity contribution in [2.24, 2.45) is 0 Å². The van der Waals surface area contributed by atoms with E-state index in [4.69, 9.17) is 0 Å². The Hall–Kier alpha value is -1.65. The second-order valence-electron chi connectivity index (χ2n) is 4.48. The Labute approximate surface area is 116 Å². The van der Waals surface area contributed by atoms with Gasteiger partial charge in [-0.1, -0.05) is 19.1 Å². The summed E-state index contributed by atoms with van der Waals surface area (Å²) in [5, 5.41) is 4.53. The van der Waals surface area contributed by atoms with Gasteiger partial charge in [0.25, 0.3) is 0 Å². The van der Waals surface area contributed by atoms with Gasteiger partial charge in [0.1, 0.15) is 5.01 Å². The van der Waals surface area contributed by atoms with Crippen LogP contribution < -0.4 is 5.32 Å². The molecule has 0 saturated carbocycles. The Morgan fingerprint density at radius 1 is 1.21 bits per heavy atom. The monoisotopic (exact) mass is 271 g/mol. The van der Waals surface area contributed by atoms with Crippen molar-refractivity contribution in [3.05, 3.63) is 53.3 Å². The molecule has 98 valence electrons. The van der Waals surface area contributed by atoms with E-state index < -0.39 is 0 Å². The van der Waals surface area contributed by atoms with Crippen LogP contribution in [0.5, 0.6) is 0 Å². The molecule has 2 heterocycles. The van der Waals surface area contributed by atoms with Crippen molar-refractivity contribution in [3.8, 4) is 0 Å². The molecule has 0 spiro atoms. The van der Waals surface area contributed by atoms with Gasteiger partial charge in [-0.05, 0) is 30.8 Å². The first-order valence-electron chi connectivity index (χ1n) is 6.56. The van der Waals surface area contributed by atoms with Crippen LogP contribution in [0.4, 0.5) is 0 Å². The van der Waals surface area contributed by atoms with Crippen molar-refractivity contribution in [3.63, 3.8) is 0 Å². The van der Waals surface area contributed by atoms with Crippen LogP contribution in [-0.2, 0) is 13.1 Å². The summed E-state index contributed by atoms with van der Waals surface area (Å²) < 4.78 is 3.53. The Balaban J connectivity index is 1.82. The van der Waals surface area contributed by atoms with Gasteiger partial charge >= 0.3 is 0 Å². The van der Waals surface area contributed by atoms with Gasteiger partial charge in [0.2, 0.25) is 0 Å². The average Bonchev–Trinajstić information content (AvgIpc) is 3.02. The van der Waals surface area contributed by atoms with E-state index in [-0.39, 0.29) is 0 Å². The molecular formula is C15H17N3S. The van der Waals surface area contributed by atoms with Crippen LogP contribution >= 0.6 is 11.3 Å². The maximum Gasteiger partial charge on any atom is 0.114 e. The zero-order valence-corrected chi connectivity index (χ0v) is 11.8. The van der Waals surface area contributed by atoms with Crippen molar-refractivity contribution < 1.29 is 0 Å². The fourth-order valence-electron chi connectivity index (χ4n) is 2.15. The number of rotatable bonds is 5. The highest BCUT2D eigenvalue weighted by molar-refractivity contribution is 7.18. The lowest BCUT2D eigenvalue weighted by Crippen LogP contribution is -2.15. The van der Waals surface area contributed by atoms with Gasteiger partial charge in [-0.15, -0.1) is 11.3 Å². The number of nitrogens with one attached hydrogen (secondary N) is 1. The summed E-state index contributed by atoms with van der Waals surface area (Å²) in [6, 6.07) is 12.6. The Kier molecular flexibility index (Phi) is 3.62. The summed E-state index contributed by atoms with van der Waals surface area (Å²) in [5.41, 5.74) is 2.41. The molecule has 0 saturated heterocycles. The molecule has 0 aliphatic rings. The molecule has 0 fully saturated rings. The van der Waals surface area contributed by atoms with Gasteiger partial charge in [0.15, 0.2) is 0 Å². The number of hydrogen-bond acceptors (Lipinski definition) is 3. The minimum atomic E-state index is 0.854. The molecular weight excluding hydrogens is 254 g/mol. The highest BCUT2D eigenvalue weighted by Crippen LogP contribution is 2.22. The maximum absolute atomic E-state index is 4.69. The first-order chi connectivity index (χ1) is 9.36. The summed E-state index contributed by atoms with van der Waals surface area (Å²) in [6.07, 6.45) is 2.12. The number of fused-ring (bicyclic) bond motifs is 1.